The van der Waals surface area contributed by atoms with Crippen molar-refractivity contribution in [2.24, 2.45) is 0 Å². The molecule has 0 aromatic heterocycles. The summed E-state index contributed by atoms with van der Waals surface area (Å²) in [6, 6.07) is 0. The van der Waals surface area contributed by atoms with Gasteiger partial charge in [0.25, 0.3) is 0 Å². The van der Waals surface area contributed by atoms with E-state index in [1.54, 1.807) is 13.8 Å². The summed E-state index contributed by atoms with van der Waals surface area (Å²) in [5.41, 5.74) is 0. The molecular formula is C12H18O4S3. The highest BCUT2D eigenvalue weighted by atomic mass is 32.2. The van der Waals surface area contributed by atoms with E-state index in [0.717, 1.165) is 11.8 Å². The normalized spacial score (nSPS) is 10.7. The predicted octanol–water partition coefficient (Wildman–Crippen LogP) is 2.81. The average Bonchev–Trinajstić information content (AvgIpc) is 2.33. The monoisotopic (exact) mass is 322 g/mol. The number of thiocarbonyl (C=S) groups is 1. The molecule has 0 unspecified atom stereocenters. The fourth-order valence-corrected chi connectivity index (χ4v) is 3.89. The molecule has 0 spiro atoms. The van der Waals surface area contributed by atoms with Crippen molar-refractivity contribution < 1.29 is 19.1 Å². The molecule has 108 valence electrons. The summed E-state index contributed by atoms with van der Waals surface area (Å²) in [6.45, 7) is 8.80. The second-order valence-electron chi connectivity index (χ2n) is 3.80. The highest BCUT2D eigenvalue weighted by molar-refractivity contribution is 8.47. The zero-order valence-corrected chi connectivity index (χ0v) is 13.7. The van der Waals surface area contributed by atoms with E-state index in [2.05, 4.69) is 6.58 Å². The molecule has 0 radical (unpaired) electrons. The third kappa shape index (κ3) is 8.28. The average molecular weight is 322 g/mol. The lowest BCUT2D eigenvalue weighted by Crippen LogP contribution is -2.32. The van der Waals surface area contributed by atoms with Crippen LogP contribution >= 0.6 is 35.7 Å². The van der Waals surface area contributed by atoms with Crippen LogP contribution in [0.15, 0.2) is 12.7 Å². The van der Waals surface area contributed by atoms with Gasteiger partial charge in [-0.3, -0.25) is 4.79 Å². The minimum absolute atomic E-state index is 0.0193. The van der Waals surface area contributed by atoms with Crippen molar-refractivity contribution in [1.82, 2.24) is 0 Å². The summed E-state index contributed by atoms with van der Waals surface area (Å²) in [5.74, 6) is -0.0505. The van der Waals surface area contributed by atoms with Gasteiger partial charge in [0.1, 0.15) is 21.5 Å². The van der Waals surface area contributed by atoms with Crippen LogP contribution in [0.5, 0.6) is 0 Å². The molecule has 0 aliphatic rings. The number of carbonyl (C=O) groups is 2. The van der Waals surface area contributed by atoms with Gasteiger partial charge in [-0.1, -0.05) is 37.5 Å². The minimum Gasteiger partial charge on any atom is -0.461 e. The van der Waals surface area contributed by atoms with Crippen LogP contribution in [0.4, 0.5) is 0 Å². The molecule has 0 saturated heterocycles. The largest absolute Gasteiger partial charge is 0.461 e. The van der Waals surface area contributed by atoms with Crippen LogP contribution in [0.3, 0.4) is 0 Å². The summed E-state index contributed by atoms with van der Waals surface area (Å²) in [5, 5.41) is 0. The van der Waals surface area contributed by atoms with Crippen LogP contribution < -0.4 is 0 Å². The van der Waals surface area contributed by atoms with E-state index in [0.29, 0.717) is 3.53 Å². The van der Waals surface area contributed by atoms with E-state index in [1.165, 1.54) is 23.5 Å². The first-order valence-corrected chi connectivity index (χ1v) is 7.86. The van der Waals surface area contributed by atoms with Crippen molar-refractivity contribution in [2.75, 3.05) is 19.0 Å². The molecule has 4 nitrogen and oxygen atoms in total. The Kier molecular flexibility index (Phi) is 9.12. The van der Waals surface area contributed by atoms with Crippen LogP contribution in [-0.4, -0.2) is 39.2 Å². The van der Waals surface area contributed by atoms with Gasteiger partial charge in [-0.05, 0) is 19.6 Å². The summed E-state index contributed by atoms with van der Waals surface area (Å²) < 4.78 is 9.71. The van der Waals surface area contributed by atoms with Gasteiger partial charge in [0, 0.05) is 6.08 Å². The van der Waals surface area contributed by atoms with E-state index in [4.69, 9.17) is 21.7 Å². The number of hydrogen-bond donors (Lipinski definition) is 0. The van der Waals surface area contributed by atoms with Gasteiger partial charge < -0.3 is 9.47 Å². The molecule has 0 N–H and O–H groups in total. The second kappa shape index (κ2) is 9.39. The quantitative estimate of drug-likeness (QED) is 0.309. The third-order valence-electron chi connectivity index (χ3n) is 1.82. The number of hydrogen-bond acceptors (Lipinski definition) is 7. The molecule has 0 aromatic carbocycles. The van der Waals surface area contributed by atoms with Crippen molar-refractivity contribution in [3.63, 3.8) is 0 Å². The summed E-state index contributed by atoms with van der Waals surface area (Å²) in [6.07, 6.45) is 1.06. The van der Waals surface area contributed by atoms with E-state index in [-0.39, 0.29) is 19.2 Å². The molecule has 0 heterocycles. The Hall–Kier alpha value is -0.530. The number of rotatable bonds is 7. The van der Waals surface area contributed by atoms with Gasteiger partial charge in [-0.15, -0.1) is 11.8 Å². The lowest BCUT2D eigenvalue weighted by atomic mass is 10.2. The lowest BCUT2D eigenvalue weighted by Gasteiger charge is -2.21. The first kappa shape index (κ1) is 18.5. The maximum atomic E-state index is 11.8. The van der Waals surface area contributed by atoms with Crippen LogP contribution in [0.1, 0.15) is 20.8 Å². The summed E-state index contributed by atoms with van der Waals surface area (Å²) in [7, 11) is 0. The van der Waals surface area contributed by atoms with Gasteiger partial charge in [-0.2, -0.15) is 0 Å². The maximum absolute atomic E-state index is 11.8. The number of carbonyl (C=O) groups excluding carboxylic acids is 2. The molecule has 0 aliphatic carbocycles. The lowest BCUT2D eigenvalue weighted by molar-refractivity contribution is -0.151. The first-order valence-electron chi connectivity index (χ1n) is 5.65. The smallest absolute Gasteiger partial charge is 0.330 e. The van der Waals surface area contributed by atoms with E-state index >= 15 is 0 Å². The summed E-state index contributed by atoms with van der Waals surface area (Å²) in [4.78, 5) is 22.6. The molecule has 0 aromatic rings. The van der Waals surface area contributed by atoms with Gasteiger partial charge in [0.2, 0.25) is 0 Å². The molecule has 7 heteroatoms. The fraction of sp³-hybridized carbons (Fsp3) is 0.583. The predicted molar refractivity (Wildman–Crippen MR) is 84.5 cm³/mol. The Bertz CT molecular complexity index is 353. The number of esters is 2. The third-order valence-corrected chi connectivity index (χ3v) is 4.39. The van der Waals surface area contributed by atoms with Crippen molar-refractivity contribution in [1.29, 1.82) is 0 Å². The fourth-order valence-electron chi connectivity index (χ4n) is 0.907. The Morgan fingerprint density at radius 1 is 1.32 bits per heavy atom. The molecule has 0 aliphatic heterocycles. The Balaban J connectivity index is 4.07. The second-order valence-corrected chi connectivity index (χ2v) is 7.89. The van der Waals surface area contributed by atoms with Gasteiger partial charge in [0.05, 0.1) is 0 Å². The Morgan fingerprint density at radius 3 is 2.42 bits per heavy atom. The van der Waals surface area contributed by atoms with E-state index in [9.17, 15) is 9.59 Å². The van der Waals surface area contributed by atoms with Gasteiger partial charge in [-0.25, -0.2) is 4.79 Å². The first-order chi connectivity index (χ1) is 8.83. The molecule has 0 fully saturated rings. The van der Waals surface area contributed by atoms with E-state index in [1.807, 2.05) is 6.92 Å². The summed E-state index contributed by atoms with van der Waals surface area (Å²) >= 11 is 7.96. The van der Waals surface area contributed by atoms with Crippen LogP contribution in [0.25, 0.3) is 0 Å². The van der Waals surface area contributed by atoms with Crippen molar-refractivity contribution in [2.45, 2.75) is 25.5 Å². The molecule has 0 saturated carbocycles. The number of ether oxygens (including phenoxy) is 2. The van der Waals surface area contributed by atoms with Crippen molar-refractivity contribution in [3.05, 3.63) is 12.7 Å². The topological polar surface area (TPSA) is 52.6 Å². The molecule has 0 bridgehead atoms. The zero-order valence-electron chi connectivity index (χ0n) is 11.3. The maximum Gasteiger partial charge on any atom is 0.330 e. The SMILES string of the molecule is C=CC(=O)OCCOC(=O)C(C)(C)SC(=S)SCC. The van der Waals surface area contributed by atoms with Crippen LogP contribution in [-0.2, 0) is 19.1 Å². The van der Waals surface area contributed by atoms with Crippen LogP contribution in [0, 0.1) is 0 Å². The zero-order chi connectivity index (χ0) is 14.9. The van der Waals surface area contributed by atoms with E-state index < -0.39 is 10.7 Å². The molecule has 0 amide bonds. The molecule has 0 atom stereocenters. The Labute approximate surface area is 127 Å². The molecule has 0 rings (SSSR count). The van der Waals surface area contributed by atoms with Gasteiger partial charge >= 0.3 is 11.9 Å². The van der Waals surface area contributed by atoms with Crippen molar-refractivity contribution >= 4 is 51.2 Å². The van der Waals surface area contributed by atoms with Gasteiger partial charge in [0.15, 0.2) is 0 Å². The molecule has 19 heavy (non-hydrogen) atoms. The van der Waals surface area contributed by atoms with Crippen LogP contribution in [0.2, 0.25) is 0 Å². The Morgan fingerprint density at radius 2 is 1.89 bits per heavy atom. The van der Waals surface area contributed by atoms with Crippen molar-refractivity contribution in [3.8, 4) is 0 Å². The highest BCUT2D eigenvalue weighted by Gasteiger charge is 2.31. The molecular weight excluding hydrogens is 304 g/mol. The standard InChI is InChI=1S/C12H18O4S3/c1-5-9(13)15-7-8-16-10(14)12(3,4)19-11(17)18-6-2/h5H,1,6-8H2,2-4H3. The highest BCUT2D eigenvalue weighted by Crippen LogP contribution is 2.31. The minimum atomic E-state index is -0.748. The number of thioether (sulfide) groups is 2.